The Balaban J connectivity index is 1.89. The van der Waals surface area contributed by atoms with Gasteiger partial charge >= 0.3 is 5.97 Å². The number of carbonyl (C=O) groups excluding carboxylic acids is 1. The predicted octanol–water partition coefficient (Wildman–Crippen LogP) is 4.15. The molecule has 0 saturated heterocycles. The number of halogens is 1. The van der Waals surface area contributed by atoms with E-state index in [2.05, 4.69) is 10.2 Å². The van der Waals surface area contributed by atoms with Crippen LogP contribution < -0.4 is 4.74 Å². The number of ether oxygens (including phenoxy) is 2. The molecule has 1 unspecified atom stereocenters. The summed E-state index contributed by atoms with van der Waals surface area (Å²) in [5.74, 6) is 0.844. The van der Waals surface area contributed by atoms with Crippen LogP contribution in [0.4, 0.5) is 0 Å². The second-order valence-electron chi connectivity index (χ2n) is 5.57. The van der Waals surface area contributed by atoms with Crippen molar-refractivity contribution in [1.29, 1.82) is 0 Å². The SMILES string of the molecule is COC(=O)C(C)Sc1nnc(COc2ccccc2Cl)n1-c1ccccc1. The molecule has 6 nitrogen and oxygen atoms in total. The Morgan fingerprint density at radius 3 is 2.56 bits per heavy atom. The van der Waals surface area contributed by atoms with E-state index < -0.39 is 5.25 Å². The number of rotatable bonds is 7. The van der Waals surface area contributed by atoms with Gasteiger partial charge in [0.05, 0.1) is 12.1 Å². The lowest BCUT2D eigenvalue weighted by molar-refractivity contribution is -0.139. The average Bonchev–Trinajstić information content (AvgIpc) is 3.09. The highest BCUT2D eigenvalue weighted by molar-refractivity contribution is 8.00. The molecule has 0 radical (unpaired) electrons. The lowest BCUT2D eigenvalue weighted by atomic mass is 10.3. The number of nitrogens with zero attached hydrogens (tertiary/aromatic N) is 3. The summed E-state index contributed by atoms with van der Waals surface area (Å²) >= 11 is 7.43. The zero-order valence-corrected chi connectivity index (χ0v) is 16.4. The second kappa shape index (κ2) is 8.92. The fraction of sp³-hybridized carbons (Fsp3) is 0.211. The van der Waals surface area contributed by atoms with Crippen molar-refractivity contribution in [2.75, 3.05) is 7.11 Å². The van der Waals surface area contributed by atoms with E-state index in [-0.39, 0.29) is 12.6 Å². The van der Waals surface area contributed by atoms with Crippen molar-refractivity contribution < 1.29 is 14.3 Å². The molecule has 8 heteroatoms. The maximum Gasteiger partial charge on any atom is 0.318 e. The van der Waals surface area contributed by atoms with Crippen LogP contribution in [0.2, 0.25) is 5.02 Å². The molecule has 1 heterocycles. The first-order valence-electron chi connectivity index (χ1n) is 8.21. The highest BCUT2D eigenvalue weighted by Gasteiger charge is 2.21. The van der Waals surface area contributed by atoms with Crippen molar-refractivity contribution in [3.8, 4) is 11.4 Å². The highest BCUT2D eigenvalue weighted by Crippen LogP contribution is 2.28. The Morgan fingerprint density at radius 2 is 1.85 bits per heavy atom. The molecule has 1 atom stereocenters. The van der Waals surface area contributed by atoms with Crippen LogP contribution in [0.5, 0.6) is 5.75 Å². The first kappa shape index (κ1) is 19.3. The molecule has 0 spiro atoms. The summed E-state index contributed by atoms with van der Waals surface area (Å²) in [6, 6.07) is 16.9. The average molecular weight is 404 g/mol. The van der Waals surface area contributed by atoms with E-state index >= 15 is 0 Å². The first-order chi connectivity index (χ1) is 13.1. The molecule has 140 valence electrons. The van der Waals surface area contributed by atoms with E-state index in [1.807, 2.05) is 47.0 Å². The van der Waals surface area contributed by atoms with Crippen LogP contribution in [-0.2, 0) is 16.1 Å². The number of hydrogen-bond donors (Lipinski definition) is 0. The molecule has 3 rings (SSSR count). The maximum atomic E-state index is 11.8. The molecule has 1 aromatic heterocycles. The Kier molecular flexibility index (Phi) is 6.36. The fourth-order valence-electron chi connectivity index (χ4n) is 2.38. The molecule has 2 aromatic carbocycles. The molecule has 0 amide bonds. The smallest absolute Gasteiger partial charge is 0.318 e. The number of esters is 1. The minimum Gasteiger partial charge on any atom is -0.484 e. The van der Waals surface area contributed by atoms with E-state index in [0.717, 1.165) is 5.69 Å². The van der Waals surface area contributed by atoms with Crippen LogP contribution in [0.25, 0.3) is 5.69 Å². The predicted molar refractivity (Wildman–Crippen MR) is 104 cm³/mol. The molecular weight excluding hydrogens is 386 g/mol. The molecule has 0 fully saturated rings. The Morgan fingerprint density at radius 1 is 1.15 bits per heavy atom. The quantitative estimate of drug-likeness (QED) is 0.436. The van der Waals surface area contributed by atoms with E-state index in [4.69, 9.17) is 21.1 Å². The van der Waals surface area contributed by atoms with Crippen LogP contribution in [-0.4, -0.2) is 33.1 Å². The van der Waals surface area contributed by atoms with Crippen molar-refractivity contribution in [3.63, 3.8) is 0 Å². The van der Waals surface area contributed by atoms with Gasteiger partial charge in [0.2, 0.25) is 0 Å². The summed E-state index contributed by atoms with van der Waals surface area (Å²) in [6.45, 7) is 1.94. The van der Waals surface area contributed by atoms with Crippen LogP contribution in [0.3, 0.4) is 0 Å². The van der Waals surface area contributed by atoms with Crippen molar-refractivity contribution >= 4 is 29.3 Å². The Bertz CT molecular complexity index is 918. The number of methoxy groups -OCH3 is 1. The highest BCUT2D eigenvalue weighted by atomic mass is 35.5. The van der Waals surface area contributed by atoms with Gasteiger partial charge in [-0.25, -0.2) is 0 Å². The minimum absolute atomic E-state index is 0.179. The van der Waals surface area contributed by atoms with Gasteiger partial charge in [-0.3, -0.25) is 9.36 Å². The van der Waals surface area contributed by atoms with Gasteiger partial charge in [-0.1, -0.05) is 53.7 Å². The molecule has 0 bridgehead atoms. The minimum atomic E-state index is -0.418. The summed E-state index contributed by atoms with van der Waals surface area (Å²) in [6.07, 6.45) is 0. The van der Waals surface area contributed by atoms with Gasteiger partial charge in [-0.05, 0) is 31.2 Å². The van der Waals surface area contributed by atoms with Crippen molar-refractivity contribution in [1.82, 2.24) is 14.8 Å². The molecule has 0 saturated carbocycles. The van der Waals surface area contributed by atoms with Gasteiger partial charge in [0.25, 0.3) is 0 Å². The number of para-hydroxylation sites is 2. The lowest BCUT2D eigenvalue weighted by Crippen LogP contribution is -2.16. The van der Waals surface area contributed by atoms with E-state index in [1.54, 1.807) is 19.1 Å². The summed E-state index contributed by atoms with van der Waals surface area (Å²) < 4.78 is 12.5. The molecule has 27 heavy (non-hydrogen) atoms. The first-order valence-corrected chi connectivity index (χ1v) is 9.47. The van der Waals surface area contributed by atoms with E-state index in [9.17, 15) is 4.79 Å². The lowest BCUT2D eigenvalue weighted by Gasteiger charge is -2.13. The number of aromatic nitrogens is 3. The monoisotopic (exact) mass is 403 g/mol. The third kappa shape index (κ3) is 4.61. The van der Waals surface area contributed by atoms with Crippen LogP contribution in [0.1, 0.15) is 12.7 Å². The van der Waals surface area contributed by atoms with E-state index in [1.165, 1.54) is 18.9 Å². The molecule has 0 N–H and O–H groups in total. The third-order valence-electron chi connectivity index (χ3n) is 3.72. The van der Waals surface area contributed by atoms with E-state index in [0.29, 0.717) is 21.8 Å². The summed E-state index contributed by atoms with van der Waals surface area (Å²) in [5.41, 5.74) is 0.875. The van der Waals surface area contributed by atoms with Gasteiger partial charge < -0.3 is 9.47 Å². The Labute approximate surface area is 166 Å². The summed E-state index contributed by atoms with van der Waals surface area (Å²) in [5, 5.41) is 9.17. The molecule has 3 aromatic rings. The largest absolute Gasteiger partial charge is 0.484 e. The molecule has 0 aliphatic heterocycles. The van der Waals surface area contributed by atoms with Gasteiger partial charge in [0.15, 0.2) is 11.0 Å². The second-order valence-corrected chi connectivity index (χ2v) is 7.29. The summed E-state index contributed by atoms with van der Waals surface area (Å²) in [7, 11) is 1.37. The molecule has 0 aliphatic rings. The zero-order chi connectivity index (χ0) is 19.2. The van der Waals surface area contributed by atoms with Gasteiger partial charge in [0.1, 0.15) is 17.6 Å². The fourth-order valence-corrected chi connectivity index (χ4v) is 3.49. The zero-order valence-electron chi connectivity index (χ0n) is 14.8. The van der Waals surface area contributed by atoms with Crippen molar-refractivity contribution in [3.05, 3.63) is 65.4 Å². The van der Waals surface area contributed by atoms with Crippen molar-refractivity contribution in [2.45, 2.75) is 23.9 Å². The standard InChI is InChI=1S/C19H18ClN3O3S/c1-13(18(24)25-2)27-19-22-21-17(23(19)14-8-4-3-5-9-14)12-26-16-11-7-6-10-15(16)20/h3-11,13H,12H2,1-2H3. The van der Waals surface area contributed by atoms with Gasteiger partial charge in [-0.15, -0.1) is 10.2 Å². The molecule has 0 aliphatic carbocycles. The Hall–Kier alpha value is -2.51. The van der Waals surface area contributed by atoms with Gasteiger partial charge in [0, 0.05) is 5.69 Å². The third-order valence-corrected chi connectivity index (χ3v) is 5.06. The normalized spacial score (nSPS) is 11.8. The maximum absolute atomic E-state index is 11.8. The van der Waals surface area contributed by atoms with Crippen LogP contribution in [0, 0.1) is 0 Å². The van der Waals surface area contributed by atoms with Crippen LogP contribution >= 0.6 is 23.4 Å². The van der Waals surface area contributed by atoms with Gasteiger partial charge in [-0.2, -0.15) is 0 Å². The molecular formula is C19H18ClN3O3S. The summed E-state index contributed by atoms with van der Waals surface area (Å²) in [4.78, 5) is 11.8. The topological polar surface area (TPSA) is 66.2 Å². The number of benzene rings is 2. The van der Waals surface area contributed by atoms with Crippen molar-refractivity contribution in [2.24, 2.45) is 0 Å². The number of hydrogen-bond acceptors (Lipinski definition) is 6. The number of thioether (sulfide) groups is 1. The number of carbonyl (C=O) groups is 1. The van der Waals surface area contributed by atoms with Crippen LogP contribution in [0.15, 0.2) is 59.8 Å².